The smallest absolute Gasteiger partial charge is 0.261 e. The lowest BCUT2D eigenvalue weighted by Crippen LogP contribution is -2.36. The highest BCUT2D eigenvalue weighted by Gasteiger charge is 2.34. The maximum absolute atomic E-state index is 13.0. The van der Waals surface area contributed by atoms with Crippen LogP contribution in [0.4, 0.5) is 0 Å². The van der Waals surface area contributed by atoms with E-state index in [-0.39, 0.29) is 18.6 Å². The Bertz CT molecular complexity index is 1100. The second-order valence-corrected chi connectivity index (χ2v) is 6.88. The molecule has 138 valence electrons. The standard InChI is InChI=1S/C23H19N3O2/c27-21-15-28-20-13-7-4-10-17(20)22(26(21)14-16-8-2-1-3-9-16)23-24-18-11-5-6-12-19(18)25-23/h1-13,22H,14-15H2,(H,24,25). The Morgan fingerprint density at radius 3 is 2.57 bits per heavy atom. The van der Waals surface area contributed by atoms with Gasteiger partial charge in [0, 0.05) is 12.1 Å². The van der Waals surface area contributed by atoms with Crippen LogP contribution < -0.4 is 4.74 Å². The van der Waals surface area contributed by atoms with Crippen molar-refractivity contribution in [2.24, 2.45) is 0 Å². The van der Waals surface area contributed by atoms with Gasteiger partial charge in [0.25, 0.3) is 5.91 Å². The minimum atomic E-state index is -0.348. The molecule has 0 saturated carbocycles. The first-order valence-corrected chi connectivity index (χ1v) is 9.29. The Morgan fingerprint density at radius 1 is 0.964 bits per heavy atom. The molecule has 5 rings (SSSR count). The van der Waals surface area contributed by atoms with Crippen molar-refractivity contribution in [1.82, 2.24) is 14.9 Å². The van der Waals surface area contributed by atoms with E-state index in [0.717, 1.165) is 33.7 Å². The Balaban J connectivity index is 1.67. The Morgan fingerprint density at radius 2 is 1.71 bits per heavy atom. The molecule has 0 aliphatic carbocycles. The van der Waals surface area contributed by atoms with Crippen LogP contribution in [0.3, 0.4) is 0 Å². The highest BCUT2D eigenvalue weighted by atomic mass is 16.5. The van der Waals surface area contributed by atoms with Crippen molar-refractivity contribution in [3.05, 3.63) is 95.8 Å². The normalized spacial score (nSPS) is 16.5. The van der Waals surface area contributed by atoms with Gasteiger partial charge in [-0.05, 0) is 23.8 Å². The summed E-state index contributed by atoms with van der Waals surface area (Å²) in [6.45, 7) is 0.500. The zero-order valence-electron chi connectivity index (χ0n) is 15.2. The van der Waals surface area contributed by atoms with Crippen molar-refractivity contribution in [3.8, 4) is 5.75 Å². The van der Waals surface area contributed by atoms with Gasteiger partial charge in [0.2, 0.25) is 0 Å². The fourth-order valence-electron chi connectivity index (χ4n) is 3.73. The third kappa shape index (κ3) is 2.91. The van der Waals surface area contributed by atoms with E-state index in [1.54, 1.807) is 0 Å². The molecule has 0 radical (unpaired) electrons. The second-order valence-electron chi connectivity index (χ2n) is 6.88. The van der Waals surface area contributed by atoms with Crippen molar-refractivity contribution in [1.29, 1.82) is 0 Å². The average Bonchev–Trinajstić information content (AvgIpc) is 3.11. The van der Waals surface area contributed by atoms with Crippen molar-refractivity contribution < 1.29 is 9.53 Å². The lowest BCUT2D eigenvalue weighted by Gasteiger charge is -2.29. The fourth-order valence-corrected chi connectivity index (χ4v) is 3.73. The maximum Gasteiger partial charge on any atom is 0.261 e. The molecule has 1 aliphatic heterocycles. The van der Waals surface area contributed by atoms with Crippen molar-refractivity contribution in [2.75, 3.05) is 6.61 Å². The zero-order valence-corrected chi connectivity index (χ0v) is 15.2. The van der Waals surface area contributed by atoms with Gasteiger partial charge in [-0.3, -0.25) is 4.79 Å². The van der Waals surface area contributed by atoms with E-state index in [9.17, 15) is 4.79 Å². The summed E-state index contributed by atoms with van der Waals surface area (Å²) in [6, 6.07) is 25.4. The molecule has 0 spiro atoms. The Labute approximate surface area is 162 Å². The lowest BCUT2D eigenvalue weighted by molar-refractivity contribution is -0.135. The summed E-state index contributed by atoms with van der Waals surface area (Å²) < 4.78 is 5.82. The molecule has 0 fully saturated rings. The summed E-state index contributed by atoms with van der Waals surface area (Å²) in [5, 5.41) is 0. The second kappa shape index (κ2) is 6.85. The van der Waals surface area contributed by atoms with Crippen LogP contribution in [-0.4, -0.2) is 27.4 Å². The summed E-state index contributed by atoms with van der Waals surface area (Å²) in [4.78, 5) is 23.1. The number of fused-ring (bicyclic) bond motifs is 2. The molecule has 1 aromatic heterocycles. The van der Waals surface area contributed by atoms with Crippen LogP contribution >= 0.6 is 0 Å². The molecule has 0 bridgehead atoms. The van der Waals surface area contributed by atoms with Crippen molar-refractivity contribution in [2.45, 2.75) is 12.6 Å². The fraction of sp³-hybridized carbons (Fsp3) is 0.130. The number of nitrogens with one attached hydrogen (secondary N) is 1. The lowest BCUT2D eigenvalue weighted by atomic mass is 10.0. The molecule has 1 amide bonds. The summed E-state index contributed by atoms with van der Waals surface area (Å²) >= 11 is 0. The Kier molecular flexibility index (Phi) is 4.05. The molecule has 1 aliphatic rings. The van der Waals surface area contributed by atoms with Gasteiger partial charge in [-0.15, -0.1) is 0 Å². The van der Waals surface area contributed by atoms with E-state index in [2.05, 4.69) is 4.98 Å². The highest BCUT2D eigenvalue weighted by molar-refractivity contribution is 5.80. The molecule has 5 heteroatoms. The number of rotatable bonds is 3. The topological polar surface area (TPSA) is 58.2 Å². The third-order valence-electron chi connectivity index (χ3n) is 5.06. The molecule has 4 aromatic rings. The molecular formula is C23H19N3O2. The number of aromatic nitrogens is 2. The summed E-state index contributed by atoms with van der Waals surface area (Å²) in [7, 11) is 0. The van der Waals surface area contributed by atoms with Gasteiger partial charge >= 0.3 is 0 Å². The molecule has 28 heavy (non-hydrogen) atoms. The molecule has 0 saturated heterocycles. The summed E-state index contributed by atoms with van der Waals surface area (Å²) in [5.74, 6) is 1.39. The van der Waals surface area contributed by atoms with E-state index in [0.29, 0.717) is 6.54 Å². The zero-order chi connectivity index (χ0) is 18.9. The maximum atomic E-state index is 13.0. The molecule has 1 atom stereocenters. The molecule has 1 unspecified atom stereocenters. The van der Waals surface area contributed by atoms with Crippen LogP contribution in [0.1, 0.15) is 23.0 Å². The number of imidazole rings is 1. The van der Waals surface area contributed by atoms with Gasteiger partial charge in [-0.25, -0.2) is 4.98 Å². The van der Waals surface area contributed by atoms with E-state index in [1.807, 2.05) is 83.8 Å². The van der Waals surface area contributed by atoms with E-state index >= 15 is 0 Å². The van der Waals surface area contributed by atoms with Crippen LogP contribution in [0.5, 0.6) is 5.75 Å². The number of hydrogen-bond acceptors (Lipinski definition) is 3. The van der Waals surface area contributed by atoms with Gasteiger partial charge in [0.1, 0.15) is 17.6 Å². The number of benzene rings is 3. The summed E-state index contributed by atoms with van der Waals surface area (Å²) in [6.07, 6.45) is 0. The van der Waals surface area contributed by atoms with Crippen LogP contribution in [0, 0.1) is 0 Å². The van der Waals surface area contributed by atoms with Crippen LogP contribution in [0.15, 0.2) is 78.9 Å². The predicted molar refractivity (Wildman–Crippen MR) is 107 cm³/mol. The third-order valence-corrected chi connectivity index (χ3v) is 5.06. The van der Waals surface area contributed by atoms with E-state index in [4.69, 9.17) is 9.72 Å². The van der Waals surface area contributed by atoms with Gasteiger partial charge in [0.15, 0.2) is 6.61 Å². The number of amides is 1. The van der Waals surface area contributed by atoms with Crippen LogP contribution in [0.25, 0.3) is 11.0 Å². The molecule has 5 nitrogen and oxygen atoms in total. The van der Waals surface area contributed by atoms with Gasteiger partial charge in [0.05, 0.1) is 11.0 Å². The molecular weight excluding hydrogens is 350 g/mol. The number of nitrogens with zero attached hydrogens (tertiary/aromatic N) is 2. The number of carbonyl (C=O) groups is 1. The van der Waals surface area contributed by atoms with E-state index in [1.165, 1.54) is 0 Å². The number of hydrogen-bond donors (Lipinski definition) is 1. The number of carbonyl (C=O) groups excluding carboxylic acids is 1. The SMILES string of the molecule is O=C1COc2ccccc2C(c2nc3ccccc3[nH]2)N1Cc1ccccc1. The van der Waals surface area contributed by atoms with Gasteiger partial charge < -0.3 is 14.6 Å². The minimum absolute atomic E-state index is 0.0145. The first-order chi connectivity index (χ1) is 13.8. The molecule has 2 heterocycles. The molecule has 1 N–H and O–H groups in total. The van der Waals surface area contributed by atoms with Crippen LogP contribution in [0.2, 0.25) is 0 Å². The average molecular weight is 369 g/mol. The van der Waals surface area contributed by atoms with Crippen molar-refractivity contribution >= 4 is 16.9 Å². The first kappa shape index (κ1) is 16.6. The number of ether oxygens (including phenoxy) is 1. The number of para-hydroxylation sites is 3. The number of aromatic amines is 1. The van der Waals surface area contributed by atoms with Gasteiger partial charge in [-0.1, -0.05) is 60.7 Å². The Hall–Kier alpha value is -3.60. The van der Waals surface area contributed by atoms with Crippen LogP contribution in [-0.2, 0) is 11.3 Å². The largest absolute Gasteiger partial charge is 0.483 e. The van der Waals surface area contributed by atoms with Crippen molar-refractivity contribution in [3.63, 3.8) is 0 Å². The highest BCUT2D eigenvalue weighted by Crippen LogP contribution is 2.37. The first-order valence-electron chi connectivity index (χ1n) is 9.29. The number of H-pyrrole nitrogens is 1. The quantitative estimate of drug-likeness (QED) is 0.592. The van der Waals surface area contributed by atoms with E-state index < -0.39 is 0 Å². The summed E-state index contributed by atoms with van der Waals surface area (Å²) in [5.41, 5.74) is 3.83. The molecule has 3 aromatic carbocycles. The monoisotopic (exact) mass is 369 g/mol. The predicted octanol–water partition coefficient (Wildman–Crippen LogP) is 4.07. The van der Waals surface area contributed by atoms with Gasteiger partial charge in [-0.2, -0.15) is 0 Å². The minimum Gasteiger partial charge on any atom is -0.483 e.